The fourth-order valence-electron chi connectivity index (χ4n) is 1.40. The molecule has 0 aliphatic carbocycles. The molecule has 0 aromatic carbocycles. The standard InChI is InChI=1S/C15H26N4O/c1-6-9-16-13-8-7-12(18-19-13)14(20)17-10-15(4,5)11(2)3/h7-8,11H,6,9-10H2,1-5H3,(H,16,19)(H,17,20). The van der Waals surface area contributed by atoms with Crippen molar-refractivity contribution in [1.82, 2.24) is 15.5 Å². The van der Waals surface area contributed by atoms with Gasteiger partial charge in [0.15, 0.2) is 5.69 Å². The Balaban J connectivity index is 2.56. The van der Waals surface area contributed by atoms with E-state index in [1.807, 2.05) is 0 Å². The first-order valence-electron chi connectivity index (χ1n) is 7.22. The molecule has 1 heterocycles. The Morgan fingerprint density at radius 1 is 1.30 bits per heavy atom. The lowest BCUT2D eigenvalue weighted by Crippen LogP contribution is -2.37. The zero-order chi connectivity index (χ0) is 15.2. The van der Waals surface area contributed by atoms with Crippen LogP contribution in [-0.4, -0.2) is 29.2 Å². The van der Waals surface area contributed by atoms with E-state index in [9.17, 15) is 4.79 Å². The van der Waals surface area contributed by atoms with Crippen LogP contribution in [0.5, 0.6) is 0 Å². The maximum atomic E-state index is 12.0. The third-order valence-corrected chi connectivity index (χ3v) is 3.72. The summed E-state index contributed by atoms with van der Waals surface area (Å²) in [5.41, 5.74) is 0.415. The normalized spacial score (nSPS) is 11.5. The van der Waals surface area contributed by atoms with Crippen molar-refractivity contribution >= 4 is 11.7 Å². The number of nitrogens with one attached hydrogen (secondary N) is 2. The van der Waals surface area contributed by atoms with Crippen LogP contribution in [0.25, 0.3) is 0 Å². The lowest BCUT2D eigenvalue weighted by atomic mass is 9.81. The Kier molecular flexibility index (Phi) is 5.92. The van der Waals surface area contributed by atoms with Gasteiger partial charge in [-0.05, 0) is 29.9 Å². The maximum absolute atomic E-state index is 12.0. The van der Waals surface area contributed by atoms with Crippen LogP contribution in [0.2, 0.25) is 0 Å². The van der Waals surface area contributed by atoms with Gasteiger partial charge in [0.25, 0.3) is 5.91 Å². The van der Waals surface area contributed by atoms with Crippen molar-refractivity contribution in [3.05, 3.63) is 17.8 Å². The summed E-state index contributed by atoms with van der Waals surface area (Å²) >= 11 is 0. The van der Waals surface area contributed by atoms with E-state index in [1.165, 1.54) is 0 Å². The summed E-state index contributed by atoms with van der Waals surface area (Å²) in [5.74, 6) is 1.02. The summed E-state index contributed by atoms with van der Waals surface area (Å²) in [6.45, 7) is 12.1. The van der Waals surface area contributed by atoms with Gasteiger partial charge in [0.1, 0.15) is 5.82 Å². The van der Waals surface area contributed by atoms with E-state index < -0.39 is 0 Å². The highest BCUT2D eigenvalue weighted by Crippen LogP contribution is 2.24. The fraction of sp³-hybridized carbons (Fsp3) is 0.667. The molecular weight excluding hydrogens is 252 g/mol. The Morgan fingerprint density at radius 2 is 2.00 bits per heavy atom. The Morgan fingerprint density at radius 3 is 2.50 bits per heavy atom. The molecule has 0 saturated carbocycles. The zero-order valence-electron chi connectivity index (χ0n) is 13.2. The second kappa shape index (κ2) is 7.22. The Bertz CT molecular complexity index is 426. The molecule has 0 aliphatic heterocycles. The molecule has 0 atom stereocenters. The van der Waals surface area contributed by atoms with Gasteiger partial charge in [0.05, 0.1) is 0 Å². The molecule has 0 fully saturated rings. The molecule has 0 unspecified atom stereocenters. The van der Waals surface area contributed by atoms with E-state index in [0.29, 0.717) is 24.0 Å². The molecular formula is C15H26N4O. The summed E-state index contributed by atoms with van der Waals surface area (Å²) in [6.07, 6.45) is 1.02. The van der Waals surface area contributed by atoms with Gasteiger partial charge >= 0.3 is 0 Å². The highest BCUT2D eigenvalue weighted by molar-refractivity contribution is 5.92. The molecule has 0 saturated heterocycles. The van der Waals surface area contributed by atoms with Crippen molar-refractivity contribution in [3.63, 3.8) is 0 Å². The molecule has 112 valence electrons. The number of hydrogen-bond donors (Lipinski definition) is 2. The van der Waals surface area contributed by atoms with Gasteiger partial charge in [-0.3, -0.25) is 4.79 Å². The molecule has 0 aliphatic rings. The molecule has 5 heteroatoms. The third-order valence-electron chi connectivity index (χ3n) is 3.72. The predicted molar refractivity (Wildman–Crippen MR) is 81.8 cm³/mol. The quantitative estimate of drug-likeness (QED) is 0.804. The summed E-state index contributed by atoms with van der Waals surface area (Å²) in [5, 5.41) is 14.0. The molecule has 0 bridgehead atoms. The van der Waals surface area contributed by atoms with Gasteiger partial charge in [-0.1, -0.05) is 34.6 Å². The molecule has 2 N–H and O–H groups in total. The van der Waals surface area contributed by atoms with Gasteiger partial charge in [0, 0.05) is 13.1 Å². The van der Waals surface area contributed by atoms with Crippen LogP contribution in [0.15, 0.2) is 12.1 Å². The van der Waals surface area contributed by atoms with Crippen molar-refractivity contribution in [2.24, 2.45) is 11.3 Å². The van der Waals surface area contributed by atoms with Crippen LogP contribution < -0.4 is 10.6 Å². The highest BCUT2D eigenvalue weighted by Gasteiger charge is 2.23. The van der Waals surface area contributed by atoms with Gasteiger partial charge in [-0.2, -0.15) is 0 Å². The van der Waals surface area contributed by atoms with E-state index in [-0.39, 0.29) is 11.3 Å². The van der Waals surface area contributed by atoms with Crippen LogP contribution in [0.4, 0.5) is 5.82 Å². The second-order valence-corrected chi connectivity index (χ2v) is 6.06. The average Bonchev–Trinajstić information content (AvgIpc) is 2.43. The van der Waals surface area contributed by atoms with Gasteiger partial charge in [-0.25, -0.2) is 0 Å². The number of nitrogens with zero attached hydrogens (tertiary/aromatic N) is 2. The van der Waals surface area contributed by atoms with E-state index in [4.69, 9.17) is 0 Å². The Labute approximate surface area is 121 Å². The lowest BCUT2D eigenvalue weighted by Gasteiger charge is -2.29. The number of rotatable bonds is 7. The topological polar surface area (TPSA) is 66.9 Å². The van der Waals surface area contributed by atoms with Crippen LogP contribution >= 0.6 is 0 Å². The zero-order valence-corrected chi connectivity index (χ0v) is 13.2. The van der Waals surface area contributed by atoms with Crippen LogP contribution in [0.3, 0.4) is 0 Å². The summed E-state index contributed by atoms with van der Waals surface area (Å²) in [7, 11) is 0. The van der Waals surface area contributed by atoms with E-state index in [2.05, 4.69) is 55.4 Å². The lowest BCUT2D eigenvalue weighted by molar-refractivity contribution is 0.0919. The number of hydrogen-bond acceptors (Lipinski definition) is 4. The van der Waals surface area contributed by atoms with Gasteiger partial charge < -0.3 is 10.6 Å². The monoisotopic (exact) mass is 278 g/mol. The molecule has 20 heavy (non-hydrogen) atoms. The van der Waals surface area contributed by atoms with Crippen LogP contribution in [0, 0.1) is 11.3 Å². The smallest absolute Gasteiger partial charge is 0.271 e. The first-order valence-corrected chi connectivity index (χ1v) is 7.22. The highest BCUT2D eigenvalue weighted by atomic mass is 16.1. The summed E-state index contributed by atoms with van der Waals surface area (Å²) < 4.78 is 0. The van der Waals surface area contributed by atoms with Gasteiger partial charge in [0.2, 0.25) is 0 Å². The van der Waals surface area contributed by atoms with Crippen molar-refractivity contribution in [1.29, 1.82) is 0 Å². The minimum Gasteiger partial charge on any atom is -0.369 e. The van der Waals surface area contributed by atoms with Crippen LogP contribution in [-0.2, 0) is 0 Å². The summed E-state index contributed by atoms with van der Waals surface area (Å²) in [4.78, 5) is 12.0. The van der Waals surface area contributed by atoms with Crippen molar-refractivity contribution < 1.29 is 4.79 Å². The van der Waals surface area contributed by atoms with E-state index in [1.54, 1.807) is 12.1 Å². The summed E-state index contributed by atoms with van der Waals surface area (Å²) in [6, 6.07) is 3.48. The number of amides is 1. The number of anilines is 1. The van der Waals surface area contributed by atoms with E-state index in [0.717, 1.165) is 13.0 Å². The van der Waals surface area contributed by atoms with Crippen molar-refractivity contribution in [2.75, 3.05) is 18.4 Å². The second-order valence-electron chi connectivity index (χ2n) is 6.06. The molecule has 1 amide bonds. The molecule has 0 radical (unpaired) electrons. The molecule has 0 spiro atoms. The number of carbonyl (C=O) groups is 1. The van der Waals surface area contributed by atoms with Crippen molar-refractivity contribution in [2.45, 2.75) is 41.0 Å². The van der Waals surface area contributed by atoms with Gasteiger partial charge in [-0.15, -0.1) is 10.2 Å². The third kappa shape index (κ3) is 4.79. The predicted octanol–water partition coefficient (Wildman–Crippen LogP) is 2.71. The number of aromatic nitrogens is 2. The largest absolute Gasteiger partial charge is 0.369 e. The maximum Gasteiger partial charge on any atom is 0.271 e. The van der Waals surface area contributed by atoms with Crippen molar-refractivity contribution in [3.8, 4) is 0 Å². The van der Waals surface area contributed by atoms with E-state index >= 15 is 0 Å². The molecule has 1 aromatic heterocycles. The average molecular weight is 278 g/mol. The SMILES string of the molecule is CCCNc1ccc(C(=O)NCC(C)(C)C(C)C)nn1. The van der Waals surface area contributed by atoms with Crippen LogP contribution in [0.1, 0.15) is 51.5 Å². The molecule has 1 aromatic rings. The number of carbonyl (C=O) groups excluding carboxylic acids is 1. The fourth-order valence-corrected chi connectivity index (χ4v) is 1.40. The molecule has 5 nitrogen and oxygen atoms in total. The molecule has 1 rings (SSSR count). The first kappa shape index (κ1) is 16.4. The first-order chi connectivity index (χ1) is 9.36. The minimum atomic E-state index is -0.173. The minimum absolute atomic E-state index is 0.0612. The Hall–Kier alpha value is -1.65.